The molecule has 3 aromatic rings. The first-order valence-electron chi connectivity index (χ1n) is 9.00. The predicted octanol–water partition coefficient (Wildman–Crippen LogP) is 5.07. The smallest absolute Gasteiger partial charge is 0.215 e. The summed E-state index contributed by atoms with van der Waals surface area (Å²) in [4.78, 5) is 14.5. The van der Waals surface area contributed by atoms with Crippen LogP contribution >= 0.6 is 23.2 Å². The Morgan fingerprint density at radius 2 is 1.89 bits per heavy atom. The second kappa shape index (κ2) is 8.19. The number of nitrogens with zero attached hydrogens (tertiary/aromatic N) is 3. The van der Waals surface area contributed by atoms with Gasteiger partial charge in [0.2, 0.25) is 5.88 Å². The summed E-state index contributed by atoms with van der Waals surface area (Å²) >= 11 is 12.3. The van der Waals surface area contributed by atoms with Gasteiger partial charge in [-0.15, -0.1) is 0 Å². The lowest BCUT2D eigenvalue weighted by molar-refractivity contribution is 0.189. The lowest BCUT2D eigenvalue weighted by atomic mass is 10.1. The average molecular weight is 403 g/mol. The molecule has 0 bridgehead atoms. The Bertz CT molecular complexity index is 875. The van der Waals surface area contributed by atoms with E-state index >= 15 is 0 Å². The van der Waals surface area contributed by atoms with Crippen LogP contribution in [0, 0.1) is 0 Å². The topological polar surface area (TPSA) is 54.0 Å². The fourth-order valence-electron chi connectivity index (χ4n) is 3.33. The molecule has 1 N–H and O–H groups in total. The molecule has 7 heteroatoms. The van der Waals surface area contributed by atoms with Crippen LogP contribution < -0.4 is 9.64 Å². The maximum atomic E-state index is 6.23. The van der Waals surface area contributed by atoms with Crippen molar-refractivity contribution in [2.24, 2.45) is 0 Å². The number of hydrogen-bond donors (Lipinski definition) is 1. The lowest BCUT2D eigenvalue weighted by Gasteiger charge is -2.20. The molecule has 1 saturated heterocycles. The van der Waals surface area contributed by atoms with Crippen LogP contribution in [0.4, 0.5) is 5.82 Å². The lowest BCUT2D eigenvalue weighted by Crippen LogP contribution is -2.19. The summed E-state index contributed by atoms with van der Waals surface area (Å²) in [5.41, 5.74) is 0.976. The molecule has 2 aromatic heterocycles. The molecule has 27 heavy (non-hydrogen) atoms. The summed E-state index contributed by atoms with van der Waals surface area (Å²) in [5.74, 6) is 2.27. The second-order valence-corrected chi connectivity index (χ2v) is 7.46. The van der Waals surface area contributed by atoms with Crippen molar-refractivity contribution in [3.63, 3.8) is 0 Å². The van der Waals surface area contributed by atoms with E-state index in [2.05, 4.69) is 14.9 Å². The van der Waals surface area contributed by atoms with Crippen LogP contribution in [0.3, 0.4) is 0 Å². The van der Waals surface area contributed by atoms with Crippen LogP contribution in [0.1, 0.15) is 30.3 Å². The molecule has 0 spiro atoms. The first-order chi connectivity index (χ1) is 13.2. The summed E-state index contributed by atoms with van der Waals surface area (Å²) in [6.07, 6.45) is 6.16. The van der Waals surface area contributed by atoms with Crippen LogP contribution in [0.15, 0.2) is 48.8 Å². The number of nitrogens with one attached hydrogen (secondary N) is 1. The van der Waals surface area contributed by atoms with E-state index in [-0.39, 0.29) is 6.10 Å². The van der Waals surface area contributed by atoms with Crippen LogP contribution in [-0.4, -0.2) is 28.0 Å². The van der Waals surface area contributed by atoms with E-state index in [1.165, 1.54) is 12.8 Å². The molecule has 0 radical (unpaired) electrons. The molecule has 1 aliphatic heterocycles. The van der Waals surface area contributed by atoms with Gasteiger partial charge in [-0.05, 0) is 42.7 Å². The van der Waals surface area contributed by atoms with Crippen LogP contribution in [0.2, 0.25) is 10.0 Å². The van der Waals surface area contributed by atoms with Crippen molar-refractivity contribution in [3.8, 4) is 5.88 Å². The highest BCUT2D eigenvalue weighted by Crippen LogP contribution is 2.27. The van der Waals surface area contributed by atoms with Gasteiger partial charge < -0.3 is 14.6 Å². The number of ether oxygens (including phenoxy) is 1. The summed E-state index contributed by atoms with van der Waals surface area (Å²) in [6.45, 7) is 2.08. The number of pyridine rings is 1. The molecule has 0 amide bonds. The average Bonchev–Trinajstić information content (AvgIpc) is 3.35. The zero-order valence-electron chi connectivity index (χ0n) is 14.7. The number of imidazole rings is 1. The van der Waals surface area contributed by atoms with E-state index in [1.54, 1.807) is 18.5 Å². The van der Waals surface area contributed by atoms with Gasteiger partial charge in [-0.3, -0.25) is 0 Å². The van der Waals surface area contributed by atoms with Crippen molar-refractivity contribution < 1.29 is 4.74 Å². The van der Waals surface area contributed by atoms with Gasteiger partial charge in [0, 0.05) is 48.0 Å². The largest absolute Gasteiger partial charge is 0.466 e. The monoisotopic (exact) mass is 402 g/mol. The van der Waals surface area contributed by atoms with Gasteiger partial charge in [0.1, 0.15) is 11.6 Å². The fourth-order valence-corrected chi connectivity index (χ4v) is 3.90. The van der Waals surface area contributed by atoms with E-state index in [0.29, 0.717) is 22.3 Å². The zero-order chi connectivity index (χ0) is 18.6. The molecular weight excluding hydrogens is 383 g/mol. The van der Waals surface area contributed by atoms with Gasteiger partial charge in [0.15, 0.2) is 6.10 Å². The van der Waals surface area contributed by atoms with E-state index in [0.717, 1.165) is 30.3 Å². The highest BCUT2D eigenvalue weighted by molar-refractivity contribution is 6.34. The normalized spacial score (nSPS) is 15.1. The number of benzene rings is 1. The van der Waals surface area contributed by atoms with Crippen molar-refractivity contribution in [2.75, 3.05) is 18.0 Å². The molecule has 1 aliphatic rings. The Kier molecular flexibility index (Phi) is 5.50. The first kappa shape index (κ1) is 18.1. The van der Waals surface area contributed by atoms with E-state index in [1.807, 2.05) is 30.3 Å². The Labute approximate surface area is 168 Å². The number of hydrogen-bond acceptors (Lipinski definition) is 4. The summed E-state index contributed by atoms with van der Waals surface area (Å²) < 4.78 is 6.23. The van der Waals surface area contributed by atoms with E-state index in [4.69, 9.17) is 32.9 Å². The molecule has 4 rings (SSSR count). The number of aromatic amines is 1. The van der Waals surface area contributed by atoms with Crippen molar-refractivity contribution in [3.05, 3.63) is 70.2 Å². The van der Waals surface area contributed by atoms with E-state index in [9.17, 15) is 0 Å². The molecule has 140 valence electrons. The fraction of sp³-hybridized carbons (Fsp3) is 0.300. The molecular formula is C20H20Cl2N4O. The molecule has 1 unspecified atom stereocenters. The Hall–Kier alpha value is -2.24. The van der Waals surface area contributed by atoms with Crippen molar-refractivity contribution in [2.45, 2.75) is 25.4 Å². The van der Waals surface area contributed by atoms with Gasteiger partial charge in [0.25, 0.3) is 0 Å². The van der Waals surface area contributed by atoms with Gasteiger partial charge in [-0.25, -0.2) is 4.98 Å². The number of halogens is 2. The van der Waals surface area contributed by atoms with Crippen molar-refractivity contribution in [1.82, 2.24) is 15.0 Å². The highest BCUT2D eigenvalue weighted by Gasteiger charge is 2.20. The highest BCUT2D eigenvalue weighted by atomic mass is 35.5. The third-order valence-corrected chi connectivity index (χ3v) is 5.01. The predicted molar refractivity (Wildman–Crippen MR) is 108 cm³/mol. The Morgan fingerprint density at radius 3 is 2.59 bits per heavy atom. The number of anilines is 1. The second-order valence-electron chi connectivity index (χ2n) is 6.59. The summed E-state index contributed by atoms with van der Waals surface area (Å²) in [7, 11) is 0. The minimum Gasteiger partial charge on any atom is -0.466 e. The van der Waals surface area contributed by atoms with Crippen LogP contribution in [-0.2, 0) is 6.42 Å². The van der Waals surface area contributed by atoms with Gasteiger partial charge in [-0.1, -0.05) is 29.3 Å². The first-order valence-corrected chi connectivity index (χ1v) is 9.76. The maximum absolute atomic E-state index is 6.23. The minimum absolute atomic E-state index is 0.323. The standard InChI is InChI=1S/C20H20Cl2N4O/c21-15-10-14(11-16(22)13-15)12-17(20-23-6-7-24-20)27-19-5-3-4-18(25-19)26-8-1-2-9-26/h3-7,10-11,13,17H,1-2,8-9,12H2,(H,23,24). The SMILES string of the molecule is Clc1cc(Cl)cc(CC(Oc2cccc(N3CCCC3)n2)c2ncc[nH]2)c1. The van der Waals surface area contributed by atoms with Gasteiger partial charge in [0.05, 0.1) is 0 Å². The maximum Gasteiger partial charge on any atom is 0.215 e. The molecule has 0 aliphatic carbocycles. The molecule has 5 nitrogen and oxygen atoms in total. The zero-order valence-corrected chi connectivity index (χ0v) is 16.2. The van der Waals surface area contributed by atoms with Crippen LogP contribution in [0.25, 0.3) is 0 Å². The number of H-pyrrole nitrogens is 1. The molecule has 1 atom stereocenters. The Balaban J connectivity index is 1.57. The van der Waals surface area contributed by atoms with Crippen LogP contribution in [0.5, 0.6) is 5.88 Å². The molecule has 1 fully saturated rings. The molecule has 3 heterocycles. The van der Waals surface area contributed by atoms with Gasteiger partial charge >= 0.3 is 0 Å². The minimum atomic E-state index is -0.323. The third-order valence-electron chi connectivity index (χ3n) is 4.57. The van der Waals surface area contributed by atoms with Gasteiger partial charge in [-0.2, -0.15) is 4.98 Å². The summed E-state index contributed by atoms with van der Waals surface area (Å²) in [5, 5.41) is 1.20. The third kappa shape index (κ3) is 4.54. The molecule has 1 aromatic carbocycles. The van der Waals surface area contributed by atoms with Crippen molar-refractivity contribution in [1.29, 1.82) is 0 Å². The summed E-state index contributed by atoms with van der Waals surface area (Å²) in [6, 6.07) is 11.4. The quantitative estimate of drug-likeness (QED) is 0.624. The number of aromatic nitrogens is 3. The van der Waals surface area contributed by atoms with Crippen molar-refractivity contribution >= 4 is 29.0 Å². The van der Waals surface area contributed by atoms with E-state index < -0.39 is 0 Å². The Morgan fingerprint density at radius 1 is 1.11 bits per heavy atom. The molecule has 0 saturated carbocycles. The number of rotatable bonds is 6.